The quantitative estimate of drug-likeness (QED) is 0.892. The minimum atomic E-state index is -0.531. The van der Waals surface area contributed by atoms with E-state index in [1.54, 1.807) is 13.0 Å². The smallest absolute Gasteiger partial charge is 0.221 e. The number of amides is 1. The number of aryl methyl sites for hydroxylation is 1. The number of hydrogen-bond acceptors (Lipinski definition) is 2. The molecule has 0 aliphatic carbocycles. The van der Waals surface area contributed by atoms with Gasteiger partial charge in [0, 0.05) is 11.1 Å². The van der Waals surface area contributed by atoms with E-state index in [4.69, 9.17) is 17.3 Å². The molecular formula is C12H10ClFN2O. The lowest BCUT2D eigenvalue weighted by Gasteiger charge is -2.07. The molecule has 3 nitrogen and oxygen atoms in total. The maximum Gasteiger partial charge on any atom is 0.221 e. The Kier molecular flexibility index (Phi) is 2.98. The van der Waals surface area contributed by atoms with E-state index in [1.807, 2.05) is 0 Å². The summed E-state index contributed by atoms with van der Waals surface area (Å²) in [6.07, 6.45) is -0.0545. The monoisotopic (exact) mass is 252 g/mol. The Balaban J connectivity index is 2.77. The average molecular weight is 253 g/mol. The SMILES string of the molecule is Cc1cc(Cl)c2cc(F)cc(CC(N)=O)c2n1. The van der Waals surface area contributed by atoms with Gasteiger partial charge in [0.15, 0.2) is 0 Å². The summed E-state index contributed by atoms with van der Waals surface area (Å²) in [7, 11) is 0. The first-order valence-electron chi connectivity index (χ1n) is 5.01. The molecule has 88 valence electrons. The number of aromatic nitrogens is 1. The molecule has 0 unspecified atom stereocenters. The lowest BCUT2D eigenvalue weighted by Crippen LogP contribution is -2.14. The molecule has 1 heterocycles. The first-order chi connectivity index (χ1) is 7.97. The van der Waals surface area contributed by atoms with Crippen LogP contribution in [0.3, 0.4) is 0 Å². The van der Waals surface area contributed by atoms with Crippen LogP contribution in [0.1, 0.15) is 11.3 Å². The first-order valence-corrected chi connectivity index (χ1v) is 5.39. The van der Waals surface area contributed by atoms with E-state index < -0.39 is 11.7 Å². The predicted octanol–water partition coefficient (Wildman–Crippen LogP) is 2.36. The van der Waals surface area contributed by atoms with Crippen LogP contribution in [0.2, 0.25) is 5.02 Å². The molecule has 0 aliphatic rings. The molecule has 0 saturated heterocycles. The van der Waals surface area contributed by atoms with Crippen LogP contribution >= 0.6 is 11.6 Å². The standard InChI is InChI=1S/C12H10ClFN2O/c1-6-2-10(13)9-5-8(14)3-7(4-11(15)17)12(9)16-6/h2-3,5H,4H2,1H3,(H2,15,17). The van der Waals surface area contributed by atoms with Crippen molar-refractivity contribution in [3.63, 3.8) is 0 Å². The molecular weight excluding hydrogens is 243 g/mol. The number of carbonyl (C=O) groups is 1. The molecule has 5 heteroatoms. The fourth-order valence-electron chi connectivity index (χ4n) is 1.76. The highest BCUT2D eigenvalue weighted by Crippen LogP contribution is 2.27. The summed E-state index contributed by atoms with van der Waals surface area (Å²) in [5, 5.41) is 0.909. The summed E-state index contributed by atoms with van der Waals surface area (Å²) < 4.78 is 13.4. The number of nitrogens with two attached hydrogens (primary N) is 1. The van der Waals surface area contributed by atoms with E-state index in [0.29, 0.717) is 27.2 Å². The van der Waals surface area contributed by atoms with E-state index in [9.17, 15) is 9.18 Å². The molecule has 0 atom stereocenters. The highest BCUT2D eigenvalue weighted by atomic mass is 35.5. The van der Waals surface area contributed by atoms with Gasteiger partial charge in [-0.1, -0.05) is 11.6 Å². The number of rotatable bonds is 2. The number of hydrogen-bond donors (Lipinski definition) is 1. The molecule has 1 amide bonds. The third-order valence-corrected chi connectivity index (χ3v) is 2.71. The van der Waals surface area contributed by atoms with Gasteiger partial charge in [-0.25, -0.2) is 4.39 Å². The molecule has 1 aromatic carbocycles. The van der Waals surface area contributed by atoms with Gasteiger partial charge < -0.3 is 5.73 Å². The summed E-state index contributed by atoms with van der Waals surface area (Å²) in [6.45, 7) is 1.78. The summed E-state index contributed by atoms with van der Waals surface area (Å²) >= 11 is 6.02. The zero-order valence-electron chi connectivity index (χ0n) is 9.13. The summed E-state index contributed by atoms with van der Waals surface area (Å²) in [4.78, 5) is 15.2. The molecule has 1 aromatic heterocycles. The highest BCUT2D eigenvalue weighted by Gasteiger charge is 2.11. The summed E-state index contributed by atoms with van der Waals surface area (Å²) in [6, 6.07) is 4.21. The number of pyridine rings is 1. The van der Waals surface area contributed by atoms with Gasteiger partial charge >= 0.3 is 0 Å². The van der Waals surface area contributed by atoms with E-state index in [0.717, 1.165) is 0 Å². The number of fused-ring (bicyclic) bond motifs is 1. The third-order valence-electron chi connectivity index (χ3n) is 2.40. The molecule has 2 aromatic rings. The number of primary amides is 1. The number of nitrogens with zero attached hydrogens (tertiary/aromatic N) is 1. The Hall–Kier alpha value is -1.68. The van der Waals surface area contributed by atoms with Crippen LogP contribution in [0, 0.1) is 12.7 Å². The fourth-order valence-corrected chi connectivity index (χ4v) is 2.06. The zero-order chi connectivity index (χ0) is 12.6. The van der Waals surface area contributed by atoms with Gasteiger partial charge in [0.2, 0.25) is 5.91 Å². The van der Waals surface area contributed by atoms with Crippen molar-refractivity contribution < 1.29 is 9.18 Å². The average Bonchev–Trinajstić information content (AvgIpc) is 2.19. The van der Waals surface area contributed by atoms with Crippen LogP contribution in [-0.2, 0) is 11.2 Å². The van der Waals surface area contributed by atoms with Gasteiger partial charge in [0.1, 0.15) is 5.82 Å². The Morgan fingerprint density at radius 1 is 1.47 bits per heavy atom. The molecule has 0 saturated carbocycles. The zero-order valence-corrected chi connectivity index (χ0v) is 9.88. The van der Waals surface area contributed by atoms with Crippen molar-refractivity contribution in [3.8, 4) is 0 Å². The second-order valence-corrected chi connectivity index (χ2v) is 4.26. The second-order valence-electron chi connectivity index (χ2n) is 3.85. The van der Waals surface area contributed by atoms with Crippen LogP contribution in [-0.4, -0.2) is 10.9 Å². The van der Waals surface area contributed by atoms with E-state index in [1.165, 1.54) is 12.1 Å². The van der Waals surface area contributed by atoms with Gasteiger partial charge in [-0.3, -0.25) is 9.78 Å². The van der Waals surface area contributed by atoms with Crippen molar-refractivity contribution in [2.24, 2.45) is 5.73 Å². The Morgan fingerprint density at radius 3 is 2.82 bits per heavy atom. The molecule has 0 bridgehead atoms. The van der Waals surface area contributed by atoms with Crippen molar-refractivity contribution >= 4 is 28.4 Å². The van der Waals surface area contributed by atoms with Crippen molar-refractivity contribution in [2.45, 2.75) is 13.3 Å². The molecule has 0 spiro atoms. The van der Waals surface area contributed by atoms with E-state index in [2.05, 4.69) is 4.98 Å². The van der Waals surface area contributed by atoms with Crippen molar-refractivity contribution in [2.75, 3.05) is 0 Å². The number of carbonyl (C=O) groups excluding carboxylic acids is 1. The Morgan fingerprint density at radius 2 is 2.18 bits per heavy atom. The second kappa shape index (κ2) is 4.30. The van der Waals surface area contributed by atoms with Crippen molar-refractivity contribution in [3.05, 3.63) is 40.3 Å². The molecule has 0 aliphatic heterocycles. The van der Waals surface area contributed by atoms with Gasteiger partial charge in [-0.15, -0.1) is 0 Å². The van der Waals surface area contributed by atoms with Crippen LogP contribution in [0.4, 0.5) is 4.39 Å². The van der Waals surface area contributed by atoms with Crippen LogP contribution in [0.15, 0.2) is 18.2 Å². The van der Waals surface area contributed by atoms with Gasteiger partial charge in [-0.05, 0) is 30.7 Å². The summed E-state index contributed by atoms with van der Waals surface area (Å²) in [5.41, 5.74) is 6.81. The molecule has 0 radical (unpaired) electrons. The summed E-state index contributed by atoms with van der Waals surface area (Å²) in [5.74, 6) is -0.988. The van der Waals surface area contributed by atoms with Gasteiger partial charge in [0.05, 0.1) is 17.0 Å². The van der Waals surface area contributed by atoms with Gasteiger partial charge in [-0.2, -0.15) is 0 Å². The van der Waals surface area contributed by atoms with Crippen molar-refractivity contribution in [1.29, 1.82) is 0 Å². The van der Waals surface area contributed by atoms with Crippen LogP contribution in [0.5, 0.6) is 0 Å². The van der Waals surface area contributed by atoms with Crippen LogP contribution in [0.25, 0.3) is 10.9 Å². The van der Waals surface area contributed by atoms with E-state index in [-0.39, 0.29) is 6.42 Å². The largest absolute Gasteiger partial charge is 0.369 e. The highest BCUT2D eigenvalue weighted by molar-refractivity contribution is 6.35. The Labute approximate surface area is 102 Å². The molecule has 0 fully saturated rings. The van der Waals surface area contributed by atoms with Crippen LogP contribution < -0.4 is 5.73 Å². The molecule has 2 rings (SSSR count). The Bertz CT molecular complexity index is 613. The maximum atomic E-state index is 13.4. The number of halogens is 2. The fraction of sp³-hybridized carbons (Fsp3) is 0.167. The topological polar surface area (TPSA) is 56.0 Å². The molecule has 17 heavy (non-hydrogen) atoms. The first kappa shape index (κ1) is 11.8. The third kappa shape index (κ3) is 2.36. The minimum absolute atomic E-state index is 0.0545. The lowest BCUT2D eigenvalue weighted by atomic mass is 10.1. The lowest BCUT2D eigenvalue weighted by molar-refractivity contribution is -0.117. The molecule has 2 N–H and O–H groups in total. The van der Waals surface area contributed by atoms with Gasteiger partial charge in [0.25, 0.3) is 0 Å². The van der Waals surface area contributed by atoms with E-state index >= 15 is 0 Å². The normalized spacial score (nSPS) is 10.8. The minimum Gasteiger partial charge on any atom is -0.369 e. The number of benzene rings is 1. The van der Waals surface area contributed by atoms with Crippen molar-refractivity contribution in [1.82, 2.24) is 4.98 Å². The predicted molar refractivity (Wildman–Crippen MR) is 64.3 cm³/mol. The maximum absolute atomic E-state index is 13.4.